The number of benzene rings is 1. The smallest absolute Gasteiger partial charge is 0.355 e. The molecule has 1 aromatic carbocycles. The summed E-state index contributed by atoms with van der Waals surface area (Å²) in [4.78, 5) is 11.8. The fourth-order valence-electron chi connectivity index (χ4n) is 1.75. The van der Waals surface area contributed by atoms with Gasteiger partial charge in [0.15, 0.2) is 0 Å². The highest BCUT2D eigenvalue weighted by molar-refractivity contribution is 5.78. The molecule has 0 unspecified atom stereocenters. The molecular formula is C15H17F3N2O. The Morgan fingerprint density at radius 3 is 2.33 bits per heavy atom. The van der Waals surface area contributed by atoms with Crippen molar-refractivity contribution in [1.29, 1.82) is 5.26 Å². The quantitative estimate of drug-likeness (QED) is 0.908. The summed E-state index contributed by atoms with van der Waals surface area (Å²) in [5.41, 5.74) is -0.0369. The Labute approximate surface area is 121 Å². The van der Waals surface area contributed by atoms with Crippen molar-refractivity contribution in [1.82, 2.24) is 5.32 Å². The molecule has 1 aromatic rings. The van der Waals surface area contributed by atoms with E-state index in [0.717, 1.165) is 12.1 Å². The van der Waals surface area contributed by atoms with Crippen molar-refractivity contribution in [3.63, 3.8) is 0 Å². The van der Waals surface area contributed by atoms with Crippen molar-refractivity contribution in [2.24, 2.45) is 11.8 Å². The molecular weight excluding hydrogens is 281 g/mol. The zero-order valence-electron chi connectivity index (χ0n) is 11.9. The third-order valence-corrected chi connectivity index (χ3v) is 3.07. The molecule has 0 aliphatic heterocycles. The zero-order valence-corrected chi connectivity index (χ0v) is 11.9. The minimum atomic E-state index is -4.35. The Kier molecular flexibility index (Phi) is 5.77. The lowest BCUT2D eigenvalue weighted by atomic mass is 9.99. The van der Waals surface area contributed by atoms with Crippen LogP contribution in [0.1, 0.15) is 25.0 Å². The van der Waals surface area contributed by atoms with Crippen LogP contribution in [0, 0.1) is 23.2 Å². The molecule has 0 saturated carbocycles. The molecule has 1 amide bonds. The molecule has 0 aliphatic carbocycles. The van der Waals surface area contributed by atoms with Crippen LogP contribution in [-0.2, 0) is 17.4 Å². The second kappa shape index (κ2) is 7.11. The highest BCUT2D eigenvalue weighted by atomic mass is 19.4. The number of halogens is 3. The van der Waals surface area contributed by atoms with E-state index in [2.05, 4.69) is 5.32 Å². The minimum absolute atomic E-state index is 0.211. The van der Waals surface area contributed by atoms with Crippen LogP contribution < -0.4 is 5.32 Å². The number of carbonyl (C=O) groups is 1. The maximum absolute atomic E-state index is 12.4. The van der Waals surface area contributed by atoms with Crippen molar-refractivity contribution in [2.45, 2.75) is 26.4 Å². The second-order valence-corrected chi connectivity index (χ2v) is 5.08. The fourth-order valence-corrected chi connectivity index (χ4v) is 1.75. The molecule has 0 aliphatic rings. The van der Waals surface area contributed by atoms with Crippen LogP contribution in [0.15, 0.2) is 24.3 Å². The Morgan fingerprint density at radius 2 is 1.86 bits per heavy atom. The van der Waals surface area contributed by atoms with Crippen LogP contribution in [0.2, 0.25) is 0 Å². The van der Waals surface area contributed by atoms with Crippen LogP contribution in [0.25, 0.3) is 0 Å². The van der Waals surface area contributed by atoms with Gasteiger partial charge in [-0.1, -0.05) is 19.1 Å². The number of nitrogens with one attached hydrogen (secondary N) is 1. The number of rotatable bonds is 5. The van der Waals surface area contributed by atoms with E-state index in [4.69, 9.17) is 5.26 Å². The number of amides is 1. The normalized spacial score (nSPS) is 14.1. The number of carbonyl (C=O) groups excluding carboxylic acids is 1. The second-order valence-electron chi connectivity index (χ2n) is 5.08. The average molecular weight is 298 g/mol. The van der Waals surface area contributed by atoms with E-state index in [1.54, 1.807) is 13.8 Å². The number of nitrogens with zero attached hydrogens (tertiary/aromatic N) is 1. The highest BCUT2D eigenvalue weighted by Crippen LogP contribution is 2.29. The van der Waals surface area contributed by atoms with E-state index in [9.17, 15) is 18.0 Å². The first-order valence-electron chi connectivity index (χ1n) is 6.57. The van der Waals surface area contributed by atoms with Gasteiger partial charge in [-0.25, -0.2) is 0 Å². The number of hydrogen-bond donors (Lipinski definition) is 1. The Balaban J connectivity index is 2.57. The molecule has 3 nitrogen and oxygen atoms in total. The SMILES string of the molecule is C[C@H](C#N)CNC(=O)[C@H](C)Cc1ccc(C(F)(F)F)cc1. The summed E-state index contributed by atoms with van der Waals surface area (Å²) in [6.07, 6.45) is -4.00. The Bertz CT molecular complexity index is 517. The zero-order chi connectivity index (χ0) is 16.0. The first-order valence-corrected chi connectivity index (χ1v) is 6.57. The maximum Gasteiger partial charge on any atom is 0.416 e. The summed E-state index contributed by atoms with van der Waals surface area (Å²) in [5.74, 6) is -0.850. The van der Waals surface area contributed by atoms with Crippen molar-refractivity contribution in [2.75, 3.05) is 6.54 Å². The molecule has 0 bridgehead atoms. The van der Waals surface area contributed by atoms with Crippen molar-refractivity contribution >= 4 is 5.91 Å². The summed E-state index contributed by atoms with van der Waals surface area (Å²) in [6.45, 7) is 3.66. The molecule has 1 N–H and O–H groups in total. The molecule has 0 aromatic heterocycles. The maximum atomic E-state index is 12.4. The van der Waals surface area contributed by atoms with Gasteiger partial charge in [0, 0.05) is 12.5 Å². The molecule has 21 heavy (non-hydrogen) atoms. The fraction of sp³-hybridized carbons (Fsp3) is 0.467. The molecule has 0 fully saturated rings. The first-order chi connectivity index (χ1) is 9.74. The molecule has 0 saturated heterocycles. The predicted molar refractivity (Wildman–Crippen MR) is 72.1 cm³/mol. The topological polar surface area (TPSA) is 52.9 Å². The number of hydrogen-bond acceptors (Lipinski definition) is 2. The molecule has 0 radical (unpaired) electrons. The molecule has 6 heteroatoms. The molecule has 114 valence electrons. The lowest BCUT2D eigenvalue weighted by Crippen LogP contribution is -2.33. The summed E-state index contributed by atoms with van der Waals surface area (Å²) in [5, 5.41) is 11.3. The summed E-state index contributed by atoms with van der Waals surface area (Å²) in [7, 11) is 0. The van der Waals surface area contributed by atoms with E-state index < -0.39 is 11.7 Å². The largest absolute Gasteiger partial charge is 0.416 e. The van der Waals surface area contributed by atoms with Gasteiger partial charge in [0.25, 0.3) is 0 Å². The van der Waals surface area contributed by atoms with Gasteiger partial charge in [-0.2, -0.15) is 18.4 Å². The van der Waals surface area contributed by atoms with Crippen molar-refractivity contribution < 1.29 is 18.0 Å². The first kappa shape index (κ1) is 17.0. The lowest BCUT2D eigenvalue weighted by Gasteiger charge is -2.13. The van der Waals surface area contributed by atoms with Gasteiger partial charge in [-0.3, -0.25) is 4.79 Å². The standard InChI is InChI=1S/C15H17F3N2O/c1-10(8-19)9-20-14(21)11(2)7-12-3-5-13(6-4-12)15(16,17)18/h3-6,10-11H,7,9H2,1-2H3,(H,20,21)/t10-,11-/m1/s1. The summed E-state index contributed by atoms with van der Waals surface area (Å²) >= 11 is 0. The molecule has 0 spiro atoms. The van der Waals surface area contributed by atoms with E-state index in [-0.39, 0.29) is 24.3 Å². The Morgan fingerprint density at radius 1 is 1.29 bits per heavy atom. The molecule has 1 rings (SSSR count). The van der Waals surface area contributed by atoms with Gasteiger partial charge in [0.1, 0.15) is 0 Å². The third-order valence-electron chi connectivity index (χ3n) is 3.07. The van der Waals surface area contributed by atoms with E-state index in [0.29, 0.717) is 12.0 Å². The van der Waals surface area contributed by atoms with Crippen LogP contribution in [0.4, 0.5) is 13.2 Å². The van der Waals surface area contributed by atoms with Gasteiger partial charge in [-0.15, -0.1) is 0 Å². The van der Waals surface area contributed by atoms with Crippen LogP contribution >= 0.6 is 0 Å². The third kappa shape index (κ3) is 5.46. The minimum Gasteiger partial charge on any atom is -0.355 e. The highest BCUT2D eigenvalue weighted by Gasteiger charge is 2.30. The predicted octanol–water partition coefficient (Wildman–Crippen LogP) is 3.16. The van der Waals surface area contributed by atoms with Gasteiger partial charge in [-0.05, 0) is 31.0 Å². The van der Waals surface area contributed by atoms with E-state index in [1.807, 2.05) is 6.07 Å². The van der Waals surface area contributed by atoms with Crippen LogP contribution in [-0.4, -0.2) is 12.5 Å². The van der Waals surface area contributed by atoms with Crippen LogP contribution in [0.3, 0.4) is 0 Å². The van der Waals surface area contributed by atoms with Gasteiger partial charge >= 0.3 is 6.18 Å². The van der Waals surface area contributed by atoms with Crippen molar-refractivity contribution in [3.05, 3.63) is 35.4 Å². The lowest BCUT2D eigenvalue weighted by molar-refractivity contribution is -0.137. The van der Waals surface area contributed by atoms with Crippen LogP contribution in [0.5, 0.6) is 0 Å². The van der Waals surface area contributed by atoms with Gasteiger partial charge < -0.3 is 5.32 Å². The summed E-state index contributed by atoms with van der Waals surface area (Å²) in [6, 6.07) is 6.79. The molecule has 2 atom stereocenters. The summed E-state index contributed by atoms with van der Waals surface area (Å²) < 4.78 is 37.3. The molecule has 0 heterocycles. The number of alkyl halides is 3. The monoisotopic (exact) mass is 298 g/mol. The average Bonchev–Trinajstić information content (AvgIpc) is 2.43. The Hall–Kier alpha value is -2.03. The van der Waals surface area contributed by atoms with Gasteiger partial charge in [0.05, 0.1) is 17.6 Å². The van der Waals surface area contributed by atoms with E-state index >= 15 is 0 Å². The van der Waals surface area contributed by atoms with Gasteiger partial charge in [0.2, 0.25) is 5.91 Å². The van der Waals surface area contributed by atoms with E-state index in [1.165, 1.54) is 12.1 Å². The number of nitriles is 1. The van der Waals surface area contributed by atoms with Crippen molar-refractivity contribution in [3.8, 4) is 6.07 Å².